The average Bonchev–Trinajstić information content (AvgIpc) is 3.51. The maximum atomic E-state index is 14.5. The van der Waals surface area contributed by atoms with Crippen molar-refractivity contribution >= 4 is 21.5 Å². The van der Waals surface area contributed by atoms with E-state index in [2.05, 4.69) is 0 Å². The SMILES string of the molecule is CC(C)(C)Oc1ccc(Oc2c3c(=O)n(-c4ccccc4)c(=O)c3c(Oc3ccc(OC(C)(C)C)cc3)c3c(=O)n(-c4ccccc4)c(=O)c23)cc1. The molecule has 0 saturated heterocycles. The molecule has 0 unspecified atom stereocenters. The normalized spacial score (nSPS) is 12.0. The van der Waals surface area contributed by atoms with Gasteiger partial charge in [-0.15, -0.1) is 0 Å². The third kappa shape index (κ3) is 6.35. The molecule has 0 aliphatic rings. The van der Waals surface area contributed by atoms with Crippen LogP contribution in [0, 0.1) is 0 Å². The van der Waals surface area contributed by atoms with E-state index in [0.717, 1.165) is 9.13 Å². The van der Waals surface area contributed by atoms with Gasteiger partial charge in [0, 0.05) is 0 Å². The summed E-state index contributed by atoms with van der Waals surface area (Å²) >= 11 is 0. The first-order valence-corrected chi connectivity index (χ1v) is 16.8. The molecule has 0 aliphatic carbocycles. The molecule has 0 N–H and O–H groups in total. The number of nitrogens with zero attached hydrogens (tertiary/aromatic N) is 2. The Bertz CT molecular complexity index is 2370. The Balaban J connectivity index is 1.55. The van der Waals surface area contributed by atoms with Crippen molar-refractivity contribution in [1.29, 1.82) is 0 Å². The summed E-state index contributed by atoms with van der Waals surface area (Å²) in [7, 11) is 0. The Kier molecular flexibility index (Phi) is 8.33. The van der Waals surface area contributed by atoms with Crippen molar-refractivity contribution in [3.8, 4) is 45.9 Å². The fourth-order valence-electron chi connectivity index (χ4n) is 6.07. The lowest BCUT2D eigenvalue weighted by Gasteiger charge is -2.21. The summed E-state index contributed by atoms with van der Waals surface area (Å²) < 4.78 is 26.7. The van der Waals surface area contributed by atoms with Gasteiger partial charge in [-0.25, -0.2) is 9.13 Å². The first kappa shape index (κ1) is 34.0. The maximum Gasteiger partial charge on any atom is 0.270 e. The van der Waals surface area contributed by atoms with E-state index < -0.39 is 33.4 Å². The molecule has 0 amide bonds. The van der Waals surface area contributed by atoms with Crippen LogP contribution in [0.1, 0.15) is 41.5 Å². The van der Waals surface area contributed by atoms with Crippen LogP contribution >= 0.6 is 0 Å². The maximum absolute atomic E-state index is 14.5. The highest BCUT2D eigenvalue weighted by molar-refractivity contribution is 6.11. The number of rotatable bonds is 8. The number of fused-ring (bicyclic) bond motifs is 2. The molecule has 10 nitrogen and oxygen atoms in total. The predicted molar refractivity (Wildman–Crippen MR) is 201 cm³/mol. The zero-order chi connectivity index (χ0) is 36.9. The van der Waals surface area contributed by atoms with Crippen LogP contribution in [0.5, 0.6) is 34.5 Å². The van der Waals surface area contributed by atoms with Crippen molar-refractivity contribution in [1.82, 2.24) is 9.13 Å². The second-order valence-corrected chi connectivity index (χ2v) is 14.3. The molecule has 2 aromatic heterocycles. The van der Waals surface area contributed by atoms with Crippen LogP contribution in [0.25, 0.3) is 32.9 Å². The van der Waals surface area contributed by atoms with E-state index in [1.54, 1.807) is 109 Å². The quantitative estimate of drug-likeness (QED) is 0.158. The van der Waals surface area contributed by atoms with E-state index in [0.29, 0.717) is 22.9 Å². The predicted octanol–water partition coefficient (Wildman–Crippen LogP) is 7.83. The molecule has 262 valence electrons. The Morgan fingerprint density at radius 3 is 0.923 bits per heavy atom. The Morgan fingerprint density at radius 1 is 0.385 bits per heavy atom. The number of hydrogen-bond acceptors (Lipinski definition) is 8. The first-order valence-electron chi connectivity index (χ1n) is 16.8. The number of aromatic nitrogens is 2. The molecule has 0 fully saturated rings. The lowest BCUT2D eigenvalue weighted by atomic mass is 10.1. The minimum Gasteiger partial charge on any atom is -0.488 e. The largest absolute Gasteiger partial charge is 0.488 e. The monoisotopic (exact) mass is 696 g/mol. The molecule has 0 saturated carbocycles. The van der Waals surface area contributed by atoms with Gasteiger partial charge in [-0.2, -0.15) is 0 Å². The molecule has 7 rings (SSSR count). The molecule has 0 radical (unpaired) electrons. The van der Waals surface area contributed by atoms with Crippen molar-refractivity contribution in [3.05, 3.63) is 151 Å². The van der Waals surface area contributed by atoms with Gasteiger partial charge in [0.05, 0.1) is 11.4 Å². The van der Waals surface area contributed by atoms with Gasteiger partial charge in [0.25, 0.3) is 22.2 Å². The molecule has 10 heteroatoms. The van der Waals surface area contributed by atoms with Crippen LogP contribution in [0.2, 0.25) is 0 Å². The van der Waals surface area contributed by atoms with Gasteiger partial charge in [-0.3, -0.25) is 19.2 Å². The van der Waals surface area contributed by atoms with E-state index in [9.17, 15) is 19.2 Å². The fourth-order valence-corrected chi connectivity index (χ4v) is 6.07. The highest BCUT2D eigenvalue weighted by Crippen LogP contribution is 2.42. The van der Waals surface area contributed by atoms with Crippen molar-refractivity contribution < 1.29 is 18.9 Å². The van der Waals surface area contributed by atoms with Gasteiger partial charge < -0.3 is 18.9 Å². The van der Waals surface area contributed by atoms with Crippen molar-refractivity contribution in [2.24, 2.45) is 0 Å². The average molecular weight is 697 g/mol. The third-order valence-corrected chi connectivity index (χ3v) is 8.04. The highest BCUT2D eigenvalue weighted by Gasteiger charge is 2.32. The van der Waals surface area contributed by atoms with Gasteiger partial charge in [-0.05, 0) is 114 Å². The molecule has 0 spiro atoms. The zero-order valence-corrected chi connectivity index (χ0v) is 29.6. The minimum absolute atomic E-state index is 0.207. The Labute approximate surface area is 298 Å². The number of benzene rings is 5. The molecule has 52 heavy (non-hydrogen) atoms. The zero-order valence-electron chi connectivity index (χ0n) is 29.6. The molecule has 0 aliphatic heterocycles. The van der Waals surface area contributed by atoms with Crippen molar-refractivity contribution in [3.63, 3.8) is 0 Å². The standard InChI is InChI=1S/C42H36N2O8/c1-41(2,3)51-29-21-17-27(18-22-29)49-35-31-33(39(47)43(37(31)45)25-13-9-7-10-14-25)36(50-28-19-23-30(24-20-28)52-42(4,5)6)34-32(35)38(46)44(40(34)48)26-15-11-8-12-16-26/h7-24H,1-6H3. The Morgan fingerprint density at radius 2 is 0.654 bits per heavy atom. The van der Waals surface area contributed by atoms with E-state index in [1.165, 1.54) is 0 Å². The van der Waals surface area contributed by atoms with E-state index in [4.69, 9.17) is 18.9 Å². The molecular weight excluding hydrogens is 660 g/mol. The van der Waals surface area contributed by atoms with Gasteiger partial charge in [0.15, 0.2) is 11.5 Å². The van der Waals surface area contributed by atoms with Crippen molar-refractivity contribution in [2.75, 3.05) is 0 Å². The summed E-state index contributed by atoms with van der Waals surface area (Å²) in [5, 5.41) is -0.828. The highest BCUT2D eigenvalue weighted by atomic mass is 16.5. The fraction of sp³-hybridized carbons (Fsp3) is 0.190. The lowest BCUT2D eigenvalue weighted by Crippen LogP contribution is -2.24. The van der Waals surface area contributed by atoms with Crippen LogP contribution < -0.4 is 41.2 Å². The van der Waals surface area contributed by atoms with Gasteiger partial charge in [-0.1, -0.05) is 36.4 Å². The molecule has 2 heterocycles. The first-order chi connectivity index (χ1) is 24.7. The smallest absolute Gasteiger partial charge is 0.270 e. The number of ether oxygens (including phenoxy) is 4. The molecule has 0 bridgehead atoms. The third-order valence-electron chi connectivity index (χ3n) is 8.04. The van der Waals surface area contributed by atoms with Crippen molar-refractivity contribution in [2.45, 2.75) is 52.7 Å². The number of hydrogen-bond donors (Lipinski definition) is 0. The van der Waals surface area contributed by atoms with E-state index >= 15 is 0 Å². The van der Waals surface area contributed by atoms with Crippen LogP contribution in [0.15, 0.2) is 128 Å². The number of para-hydroxylation sites is 2. The summed E-state index contributed by atoms with van der Waals surface area (Å²) in [5.41, 5.74) is -3.30. The topological polar surface area (TPSA) is 115 Å². The van der Waals surface area contributed by atoms with Crippen LogP contribution in [-0.2, 0) is 0 Å². The molecule has 5 aromatic carbocycles. The van der Waals surface area contributed by atoms with Crippen LogP contribution in [-0.4, -0.2) is 20.3 Å². The molecule has 7 aromatic rings. The molecule has 0 atom stereocenters. The second kappa shape index (κ2) is 12.7. The van der Waals surface area contributed by atoms with Crippen LogP contribution in [0.4, 0.5) is 0 Å². The summed E-state index contributed by atoms with van der Waals surface area (Å²) in [5.74, 6) is 1.16. The summed E-state index contributed by atoms with van der Waals surface area (Å²) in [4.78, 5) is 57.9. The van der Waals surface area contributed by atoms with E-state index in [1.807, 2.05) is 41.5 Å². The minimum atomic E-state index is -0.742. The lowest BCUT2D eigenvalue weighted by molar-refractivity contribution is 0.130. The van der Waals surface area contributed by atoms with Gasteiger partial charge >= 0.3 is 0 Å². The van der Waals surface area contributed by atoms with Crippen LogP contribution in [0.3, 0.4) is 0 Å². The Hall–Kier alpha value is -6.42. The van der Waals surface area contributed by atoms with Gasteiger partial charge in [0.1, 0.15) is 55.7 Å². The van der Waals surface area contributed by atoms with E-state index in [-0.39, 0.29) is 44.5 Å². The summed E-state index contributed by atoms with van der Waals surface area (Å²) in [6.07, 6.45) is 0. The molecular formula is C42H36N2O8. The summed E-state index contributed by atoms with van der Waals surface area (Å²) in [6, 6.07) is 30.0. The second-order valence-electron chi connectivity index (χ2n) is 14.3. The summed E-state index contributed by atoms with van der Waals surface area (Å²) in [6.45, 7) is 11.5. The van der Waals surface area contributed by atoms with Gasteiger partial charge in [0.2, 0.25) is 0 Å².